The van der Waals surface area contributed by atoms with Crippen molar-refractivity contribution in [1.82, 2.24) is 0 Å². The third kappa shape index (κ3) is 4.81. The molecule has 0 aromatic heterocycles. The first-order valence-electron chi connectivity index (χ1n) is 17.7. The van der Waals surface area contributed by atoms with Crippen LogP contribution in [0.15, 0.2) is 42.0 Å². The van der Waals surface area contributed by atoms with E-state index in [1.54, 1.807) is 7.11 Å². The van der Waals surface area contributed by atoms with Gasteiger partial charge in [-0.25, -0.2) is 4.79 Å². The number of esters is 3. The first kappa shape index (κ1) is 33.3. The van der Waals surface area contributed by atoms with E-state index in [1.807, 2.05) is 30.3 Å². The van der Waals surface area contributed by atoms with Gasteiger partial charge in [-0.1, -0.05) is 71.4 Å². The van der Waals surface area contributed by atoms with Crippen molar-refractivity contribution in [2.45, 2.75) is 119 Å². The van der Waals surface area contributed by atoms with E-state index in [9.17, 15) is 14.4 Å². The van der Waals surface area contributed by atoms with Crippen LogP contribution < -0.4 is 0 Å². The summed E-state index contributed by atoms with van der Waals surface area (Å²) in [6, 6.07) is 9.32. The van der Waals surface area contributed by atoms with Crippen LogP contribution in [0.3, 0.4) is 0 Å². The molecule has 6 nitrogen and oxygen atoms in total. The van der Waals surface area contributed by atoms with Crippen LogP contribution in [-0.2, 0) is 23.8 Å². The Hall–Kier alpha value is -2.63. The minimum absolute atomic E-state index is 0.0361. The van der Waals surface area contributed by atoms with Crippen molar-refractivity contribution in [3.8, 4) is 0 Å². The summed E-state index contributed by atoms with van der Waals surface area (Å²) in [5.41, 5.74) is 0.887. The van der Waals surface area contributed by atoms with Crippen LogP contribution in [0, 0.1) is 50.2 Å². The van der Waals surface area contributed by atoms with Crippen molar-refractivity contribution in [2.75, 3.05) is 13.7 Å². The lowest BCUT2D eigenvalue weighted by atomic mass is 9.33. The highest BCUT2D eigenvalue weighted by molar-refractivity contribution is 5.89. The number of allylic oxidation sites excluding steroid dienone is 1. The fourth-order valence-electron chi connectivity index (χ4n) is 12.2. The lowest BCUT2D eigenvalue weighted by molar-refractivity contribution is -0.220. The number of methoxy groups -OCH3 is 1. The van der Waals surface area contributed by atoms with Crippen LogP contribution in [0.2, 0.25) is 0 Å². The standard InChI is InChI=1S/C40H56O6/c1-26(41)46-32-17-18-37(6)30(36(32,4)5)16-19-38(7)31(37)15-14-28-29-24-35(2,3)20-21-39(29,34(43)44-8)22-23-40(28,38)25-45-33(42)27-12-10-9-11-13-27/h9-14,29-32H,15-25H2,1-8H3/t29?,30?,31?,32?,37-,38+,39-,40-/m0/s1. The van der Waals surface area contributed by atoms with Crippen molar-refractivity contribution in [1.29, 1.82) is 0 Å². The second-order valence-corrected chi connectivity index (χ2v) is 17.5. The van der Waals surface area contributed by atoms with Gasteiger partial charge in [-0.3, -0.25) is 9.59 Å². The molecule has 1 aromatic rings. The Morgan fingerprint density at radius 1 is 0.848 bits per heavy atom. The van der Waals surface area contributed by atoms with E-state index in [2.05, 4.69) is 47.6 Å². The van der Waals surface area contributed by atoms with E-state index < -0.39 is 5.41 Å². The Kier molecular flexibility index (Phi) is 8.12. The average molecular weight is 633 g/mol. The van der Waals surface area contributed by atoms with Crippen LogP contribution in [-0.4, -0.2) is 37.7 Å². The highest BCUT2D eigenvalue weighted by atomic mass is 16.5. The number of hydrogen-bond acceptors (Lipinski definition) is 6. The molecule has 0 amide bonds. The summed E-state index contributed by atoms with van der Waals surface area (Å²) in [4.78, 5) is 39.4. The third-order valence-electron chi connectivity index (χ3n) is 14.6. The predicted molar refractivity (Wildman–Crippen MR) is 178 cm³/mol. The van der Waals surface area contributed by atoms with Crippen molar-refractivity contribution in [3.05, 3.63) is 47.5 Å². The van der Waals surface area contributed by atoms with Gasteiger partial charge in [-0.05, 0) is 110 Å². The molecule has 8 atom stereocenters. The molecule has 4 unspecified atom stereocenters. The SMILES string of the molecule is COC(=O)[C@]12CCC(C)(C)CC1C1=CCC3[C@@]4(C)CCC(OC(C)=O)C(C)(C)C4CC[C@@]3(C)[C@]1(COC(=O)c1ccccc1)CC2. The van der Waals surface area contributed by atoms with Crippen molar-refractivity contribution < 1.29 is 28.6 Å². The van der Waals surface area contributed by atoms with Gasteiger partial charge in [-0.2, -0.15) is 0 Å². The third-order valence-corrected chi connectivity index (χ3v) is 14.6. The quantitative estimate of drug-likeness (QED) is 0.184. The highest BCUT2D eigenvalue weighted by Crippen LogP contribution is 2.76. The van der Waals surface area contributed by atoms with E-state index >= 15 is 0 Å². The minimum Gasteiger partial charge on any atom is -0.469 e. The van der Waals surface area contributed by atoms with Gasteiger partial charge >= 0.3 is 17.9 Å². The summed E-state index contributed by atoms with van der Waals surface area (Å²) < 4.78 is 17.9. The lowest BCUT2D eigenvalue weighted by Gasteiger charge is -2.71. The maximum Gasteiger partial charge on any atom is 0.338 e. The fourth-order valence-corrected chi connectivity index (χ4v) is 12.2. The number of hydrogen-bond donors (Lipinski definition) is 0. The minimum atomic E-state index is -0.530. The van der Waals surface area contributed by atoms with Gasteiger partial charge in [0.1, 0.15) is 12.7 Å². The molecule has 0 aliphatic heterocycles. The fraction of sp³-hybridized carbons (Fsp3) is 0.725. The molecule has 0 heterocycles. The molecule has 0 saturated heterocycles. The number of rotatable bonds is 5. The molecule has 0 bridgehead atoms. The Morgan fingerprint density at radius 3 is 2.22 bits per heavy atom. The van der Waals surface area contributed by atoms with Gasteiger partial charge in [0.05, 0.1) is 18.1 Å². The second kappa shape index (κ2) is 11.2. The Balaban J connectivity index is 1.45. The predicted octanol–water partition coefficient (Wildman–Crippen LogP) is 8.73. The lowest BCUT2D eigenvalue weighted by Crippen LogP contribution is -2.67. The zero-order valence-corrected chi connectivity index (χ0v) is 29.5. The monoisotopic (exact) mass is 632 g/mol. The molecule has 1 aromatic carbocycles. The van der Waals surface area contributed by atoms with Gasteiger partial charge < -0.3 is 14.2 Å². The molecule has 6 rings (SSSR count). The molecule has 0 radical (unpaired) electrons. The van der Waals surface area contributed by atoms with E-state index in [0.29, 0.717) is 24.0 Å². The zero-order chi connectivity index (χ0) is 33.3. The van der Waals surface area contributed by atoms with Gasteiger partial charge in [0.15, 0.2) is 0 Å². The number of benzene rings is 1. The number of fused-ring (bicyclic) bond motifs is 7. The van der Waals surface area contributed by atoms with E-state index in [1.165, 1.54) is 12.5 Å². The average Bonchev–Trinajstić information content (AvgIpc) is 3.01. The summed E-state index contributed by atoms with van der Waals surface area (Å²) in [5, 5.41) is 0. The van der Waals surface area contributed by atoms with Gasteiger partial charge in [-0.15, -0.1) is 0 Å². The smallest absolute Gasteiger partial charge is 0.338 e. The summed E-state index contributed by atoms with van der Waals surface area (Å²) in [7, 11) is 1.54. The Labute approximate surface area is 276 Å². The van der Waals surface area contributed by atoms with Crippen LogP contribution >= 0.6 is 0 Å². The van der Waals surface area contributed by atoms with E-state index in [0.717, 1.165) is 64.2 Å². The summed E-state index contributed by atoms with van der Waals surface area (Å²) in [6.45, 7) is 16.1. The largest absolute Gasteiger partial charge is 0.469 e. The van der Waals surface area contributed by atoms with Crippen LogP contribution in [0.25, 0.3) is 0 Å². The molecule has 4 saturated carbocycles. The summed E-state index contributed by atoms with van der Waals surface area (Å²) in [6.07, 6.45) is 11.6. The normalized spacial score (nSPS) is 40.5. The first-order chi connectivity index (χ1) is 21.6. The second-order valence-electron chi connectivity index (χ2n) is 17.5. The molecule has 46 heavy (non-hydrogen) atoms. The molecule has 0 spiro atoms. The number of ether oxygens (including phenoxy) is 3. The molecule has 5 aliphatic carbocycles. The van der Waals surface area contributed by atoms with Crippen LogP contribution in [0.5, 0.6) is 0 Å². The molecule has 5 aliphatic rings. The van der Waals surface area contributed by atoms with E-state index in [4.69, 9.17) is 14.2 Å². The van der Waals surface area contributed by atoms with Gasteiger partial charge in [0.25, 0.3) is 0 Å². The maximum absolute atomic E-state index is 13.8. The maximum atomic E-state index is 13.8. The van der Waals surface area contributed by atoms with Gasteiger partial charge in [0.2, 0.25) is 0 Å². The topological polar surface area (TPSA) is 78.9 Å². The van der Waals surface area contributed by atoms with Crippen molar-refractivity contribution in [3.63, 3.8) is 0 Å². The molecule has 252 valence electrons. The van der Waals surface area contributed by atoms with Crippen molar-refractivity contribution in [2.24, 2.45) is 50.2 Å². The van der Waals surface area contributed by atoms with E-state index in [-0.39, 0.29) is 57.0 Å². The Bertz CT molecular complexity index is 1410. The molecule has 0 N–H and O–H groups in total. The molecular formula is C40H56O6. The summed E-state index contributed by atoms with van der Waals surface area (Å²) >= 11 is 0. The number of carbonyl (C=O) groups excluding carboxylic acids is 3. The van der Waals surface area contributed by atoms with Crippen LogP contribution in [0.4, 0.5) is 0 Å². The first-order valence-corrected chi connectivity index (χ1v) is 17.7. The number of carbonyl (C=O) groups is 3. The zero-order valence-electron chi connectivity index (χ0n) is 29.5. The van der Waals surface area contributed by atoms with Crippen molar-refractivity contribution >= 4 is 17.9 Å². The summed E-state index contributed by atoms with van der Waals surface area (Å²) in [5.74, 6) is 0.291. The highest BCUT2D eigenvalue weighted by Gasteiger charge is 2.71. The van der Waals surface area contributed by atoms with Crippen LogP contribution in [0.1, 0.15) is 123 Å². The van der Waals surface area contributed by atoms with Gasteiger partial charge in [0, 0.05) is 17.8 Å². The molecule has 4 fully saturated rings. The molecular weight excluding hydrogens is 576 g/mol. The molecule has 6 heteroatoms. The Morgan fingerprint density at radius 2 is 1.54 bits per heavy atom.